The number of imidazole rings is 1. The number of hydrogen-bond donors (Lipinski definition) is 0. The van der Waals surface area contributed by atoms with Crippen LogP contribution in [0.2, 0.25) is 0 Å². The molecule has 0 atom stereocenters. The van der Waals surface area contributed by atoms with Gasteiger partial charge in [0.25, 0.3) is 0 Å². The topological polar surface area (TPSA) is 42.5 Å². The van der Waals surface area contributed by atoms with Crippen LogP contribution in [-0.4, -0.2) is 20.6 Å². The van der Waals surface area contributed by atoms with Crippen LogP contribution in [0.25, 0.3) is 27.7 Å². The van der Waals surface area contributed by atoms with Crippen molar-refractivity contribution in [2.45, 2.75) is 0 Å². The summed E-state index contributed by atoms with van der Waals surface area (Å²) in [6.07, 6.45) is 7.14. The van der Waals surface area contributed by atoms with Crippen LogP contribution in [0.4, 0.5) is 10.2 Å². The number of nitrogens with zero attached hydrogens (tertiary/aromatic N) is 4. The number of aromatic nitrogens is 3. The molecule has 1 aromatic carbocycles. The first-order valence-electron chi connectivity index (χ1n) is 7.00. The van der Waals surface area contributed by atoms with Crippen LogP contribution in [0.3, 0.4) is 0 Å². The highest BCUT2D eigenvalue weighted by atomic mass is 127. The van der Waals surface area contributed by atoms with E-state index in [0.717, 1.165) is 37.0 Å². The first kappa shape index (κ1) is 13.1. The minimum Gasteiger partial charge on any atom is -0.299 e. The summed E-state index contributed by atoms with van der Waals surface area (Å²) in [6, 6.07) is 7.00. The van der Waals surface area contributed by atoms with E-state index in [1.807, 2.05) is 16.8 Å². The highest BCUT2D eigenvalue weighted by Crippen LogP contribution is 2.38. The van der Waals surface area contributed by atoms with Crippen molar-refractivity contribution in [1.29, 1.82) is 0 Å². The molecule has 1 aliphatic heterocycles. The molecule has 4 heterocycles. The van der Waals surface area contributed by atoms with E-state index >= 15 is 0 Å². The second-order valence-electron chi connectivity index (χ2n) is 5.35. The van der Waals surface area contributed by atoms with Crippen molar-refractivity contribution >= 4 is 51.0 Å². The molecular weight excluding hydrogens is 406 g/mol. The van der Waals surface area contributed by atoms with Gasteiger partial charge in [0.2, 0.25) is 0 Å². The molecule has 0 saturated heterocycles. The minimum absolute atomic E-state index is 0.291. The van der Waals surface area contributed by atoms with Gasteiger partial charge in [0, 0.05) is 50.1 Å². The van der Waals surface area contributed by atoms with Gasteiger partial charge >= 0.3 is 0 Å². The molecule has 1 aliphatic rings. The second-order valence-corrected chi connectivity index (χ2v) is 6.52. The lowest BCUT2D eigenvalue weighted by Crippen LogP contribution is -1.93. The van der Waals surface area contributed by atoms with Gasteiger partial charge in [0.05, 0.1) is 11.9 Å². The smallest absolute Gasteiger partial charge is 0.160 e. The zero-order valence-corrected chi connectivity index (χ0v) is 13.8. The van der Waals surface area contributed by atoms with Gasteiger partial charge in [-0.3, -0.25) is 4.40 Å². The highest BCUT2D eigenvalue weighted by Gasteiger charge is 2.19. The fourth-order valence-corrected chi connectivity index (χ4v) is 3.64. The van der Waals surface area contributed by atoms with E-state index in [0.29, 0.717) is 5.65 Å². The summed E-state index contributed by atoms with van der Waals surface area (Å²) in [5.41, 5.74) is 3.55. The van der Waals surface area contributed by atoms with Gasteiger partial charge in [0.15, 0.2) is 5.82 Å². The first-order valence-corrected chi connectivity index (χ1v) is 8.08. The molecule has 0 unspecified atom stereocenters. The maximum Gasteiger partial charge on any atom is 0.160 e. The van der Waals surface area contributed by atoms with Gasteiger partial charge in [-0.2, -0.15) is 0 Å². The number of pyridine rings is 2. The zero-order valence-electron chi connectivity index (χ0n) is 11.7. The molecule has 0 radical (unpaired) electrons. The third-order valence-corrected chi connectivity index (χ3v) is 4.95. The van der Waals surface area contributed by atoms with Crippen molar-refractivity contribution in [3.63, 3.8) is 0 Å². The van der Waals surface area contributed by atoms with Gasteiger partial charge in [-0.25, -0.2) is 19.4 Å². The SMILES string of the molecule is Fc1ccn2c(-c3ccc4c(I)cnc5c4c3C=N5)cnc2c1. The Hall–Kier alpha value is -2.35. The van der Waals surface area contributed by atoms with E-state index in [2.05, 4.69) is 49.7 Å². The summed E-state index contributed by atoms with van der Waals surface area (Å²) in [7, 11) is 0. The Bertz CT molecular complexity index is 1150. The first-order chi connectivity index (χ1) is 11.2. The van der Waals surface area contributed by atoms with E-state index in [4.69, 9.17) is 0 Å². The van der Waals surface area contributed by atoms with Crippen molar-refractivity contribution in [2.75, 3.05) is 0 Å². The quantitative estimate of drug-likeness (QED) is 0.383. The summed E-state index contributed by atoms with van der Waals surface area (Å²) in [6.45, 7) is 0. The average Bonchev–Trinajstić information content (AvgIpc) is 3.16. The number of benzene rings is 1. The summed E-state index contributed by atoms with van der Waals surface area (Å²) < 4.78 is 16.4. The Morgan fingerprint density at radius 1 is 1.09 bits per heavy atom. The molecule has 0 fully saturated rings. The van der Waals surface area contributed by atoms with Crippen LogP contribution in [0.1, 0.15) is 5.56 Å². The Kier molecular flexibility index (Phi) is 2.61. The largest absolute Gasteiger partial charge is 0.299 e. The van der Waals surface area contributed by atoms with Gasteiger partial charge in [0.1, 0.15) is 11.5 Å². The number of hydrogen-bond acceptors (Lipinski definition) is 3. The van der Waals surface area contributed by atoms with Crippen LogP contribution >= 0.6 is 22.6 Å². The van der Waals surface area contributed by atoms with Gasteiger partial charge in [-0.15, -0.1) is 0 Å². The van der Waals surface area contributed by atoms with Crippen LogP contribution in [0.5, 0.6) is 0 Å². The van der Waals surface area contributed by atoms with Gasteiger partial charge in [-0.1, -0.05) is 12.1 Å². The number of fused-ring (bicyclic) bond motifs is 1. The van der Waals surface area contributed by atoms with Crippen LogP contribution in [0.15, 0.2) is 47.8 Å². The molecule has 5 rings (SSSR count). The lowest BCUT2D eigenvalue weighted by atomic mass is 10.00. The second kappa shape index (κ2) is 4.58. The maximum atomic E-state index is 13.4. The summed E-state index contributed by atoms with van der Waals surface area (Å²) >= 11 is 2.28. The lowest BCUT2D eigenvalue weighted by molar-refractivity contribution is 0.626. The van der Waals surface area contributed by atoms with Crippen LogP contribution in [0, 0.1) is 9.39 Å². The molecule has 110 valence electrons. The Balaban J connectivity index is 1.87. The Labute approximate surface area is 143 Å². The molecule has 0 saturated carbocycles. The monoisotopic (exact) mass is 414 g/mol. The molecule has 6 heteroatoms. The zero-order chi connectivity index (χ0) is 15.6. The number of rotatable bonds is 1. The minimum atomic E-state index is -0.291. The summed E-state index contributed by atoms with van der Waals surface area (Å²) in [4.78, 5) is 13.1. The molecule has 0 spiro atoms. The molecule has 23 heavy (non-hydrogen) atoms. The van der Waals surface area contributed by atoms with Crippen molar-refractivity contribution < 1.29 is 4.39 Å². The molecule has 0 N–H and O–H groups in total. The summed E-state index contributed by atoms with van der Waals surface area (Å²) in [5, 5.41) is 2.21. The van der Waals surface area contributed by atoms with E-state index < -0.39 is 0 Å². The molecule has 4 aromatic rings. The number of halogens is 2. The van der Waals surface area contributed by atoms with E-state index in [1.165, 1.54) is 12.1 Å². The fraction of sp³-hybridized carbons (Fsp3) is 0. The fourth-order valence-electron chi connectivity index (χ4n) is 3.05. The van der Waals surface area contributed by atoms with E-state index in [9.17, 15) is 4.39 Å². The lowest BCUT2D eigenvalue weighted by Gasteiger charge is -2.08. The van der Waals surface area contributed by atoms with Crippen molar-refractivity contribution in [2.24, 2.45) is 4.99 Å². The number of aliphatic imine (C=N–C) groups is 1. The molecule has 3 aromatic heterocycles. The van der Waals surface area contributed by atoms with E-state index in [1.54, 1.807) is 12.4 Å². The molecule has 0 bridgehead atoms. The third-order valence-electron chi connectivity index (χ3n) is 4.09. The van der Waals surface area contributed by atoms with Crippen LogP contribution in [-0.2, 0) is 0 Å². The standard InChI is InChI=1S/C17H8FIN4/c18-9-3-4-23-14(8-20-15(23)5-9)10-1-2-11-13(19)7-22-17-16(11)12(10)6-21-17/h1-8H. The molecular formula is C17H8FIN4. The predicted molar refractivity (Wildman–Crippen MR) is 95.9 cm³/mol. The average molecular weight is 414 g/mol. The maximum absolute atomic E-state index is 13.4. The molecule has 0 amide bonds. The van der Waals surface area contributed by atoms with Crippen molar-refractivity contribution in [1.82, 2.24) is 14.4 Å². The normalized spacial score (nSPS) is 12.6. The van der Waals surface area contributed by atoms with Crippen LogP contribution < -0.4 is 0 Å². The predicted octanol–water partition coefficient (Wildman–Crippen LogP) is 4.36. The Morgan fingerprint density at radius 2 is 2.00 bits per heavy atom. The third kappa shape index (κ3) is 1.78. The van der Waals surface area contributed by atoms with Gasteiger partial charge in [-0.05, 0) is 28.7 Å². The van der Waals surface area contributed by atoms with Crippen molar-refractivity contribution in [3.8, 4) is 11.3 Å². The van der Waals surface area contributed by atoms with Gasteiger partial charge < -0.3 is 0 Å². The van der Waals surface area contributed by atoms with Crippen molar-refractivity contribution in [3.05, 3.63) is 57.8 Å². The highest BCUT2D eigenvalue weighted by molar-refractivity contribution is 14.1. The molecule has 4 nitrogen and oxygen atoms in total. The van der Waals surface area contributed by atoms with E-state index in [-0.39, 0.29) is 5.82 Å². The summed E-state index contributed by atoms with van der Waals surface area (Å²) in [5.74, 6) is 0.456. The Morgan fingerprint density at radius 3 is 2.91 bits per heavy atom. The molecule has 0 aliphatic carbocycles.